The Hall–Kier alpha value is -5.84. The van der Waals surface area contributed by atoms with Gasteiger partial charge in [0.1, 0.15) is 29.9 Å². The van der Waals surface area contributed by atoms with Gasteiger partial charge >= 0.3 is 5.97 Å². The summed E-state index contributed by atoms with van der Waals surface area (Å²) in [5, 5.41) is 16.7. The minimum Gasteiger partial charge on any atom is -0.508 e. The fourth-order valence-electron chi connectivity index (χ4n) is 9.94. The summed E-state index contributed by atoms with van der Waals surface area (Å²) in [6.45, 7) is 16.8. The van der Waals surface area contributed by atoms with Crippen LogP contribution in [0.1, 0.15) is 84.0 Å². The second kappa shape index (κ2) is 20.8. The van der Waals surface area contributed by atoms with Crippen LogP contribution in [-0.4, -0.2) is 149 Å². The maximum absolute atomic E-state index is 14.7. The summed E-state index contributed by atoms with van der Waals surface area (Å²) in [5.41, 5.74) is 10.0. The first kappa shape index (κ1) is 50.0. The second-order valence-corrected chi connectivity index (χ2v) is 20.2. The number of aryl methyl sites for hydroxylation is 1. The molecule has 366 valence electrons. The van der Waals surface area contributed by atoms with E-state index in [0.717, 1.165) is 44.5 Å². The van der Waals surface area contributed by atoms with Crippen LogP contribution in [0.4, 0.5) is 0 Å². The summed E-state index contributed by atoms with van der Waals surface area (Å²) >= 11 is 0. The average molecular weight is 935 g/mol. The van der Waals surface area contributed by atoms with Crippen molar-refractivity contribution in [1.29, 1.82) is 0 Å². The third-order valence-electron chi connectivity index (χ3n) is 13.5. The Morgan fingerprint density at radius 2 is 1.82 bits per heavy atom. The fourth-order valence-corrected chi connectivity index (χ4v) is 9.94. The fraction of sp³-hybridized carbons (Fsp3) is 0.538. The number of nitrogens with zero attached hydrogens (tertiary/aromatic N) is 6. The molecule has 0 radical (unpaired) electrons. The Kier molecular flexibility index (Phi) is 15.3. The number of carbonyl (C=O) groups is 5. The van der Waals surface area contributed by atoms with E-state index in [0.29, 0.717) is 51.1 Å². The zero-order valence-corrected chi connectivity index (χ0v) is 41.4. The van der Waals surface area contributed by atoms with E-state index in [9.17, 15) is 29.1 Å². The van der Waals surface area contributed by atoms with Crippen molar-refractivity contribution in [2.24, 2.45) is 11.3 Å². The number of pyridine rings is 1. The summed E-state index contributed by atoms with van der Waals surface area (Å²) < 4.78 is 13.6. The van der Waals surface area contributed by atoms with Crippen LogP contribution in [-0.2, 0) is 52.8 Å². The van der Waals surface area contributed by atoms with Gasteiger partial charge in [-0.3, -0.25) is 38.9 Å². The molecule has 4 amide bonds. The number of rotatable bonds is 13. The van der Waals surface area contributed by atoms with E-state index >= 15 is 0 Å². The third kappa shape index (κ3) is 10.9. The van der Waals surface area contributed by atoms with Crippen molar-refractivity contribution in [2.45, 2.75) is 111 Å². The van der Waals surface area contributed by atoms with Crippen LogP contribution in [0, 0.1) is 11.3 Å². The Labute approximate surface area is 400 Å². The van der Waals surface area contributed by atoms with Crippen molar-refractivity contribution in [1.82, 2.24) is 40.0 Å². The summed E-state index contributed by atoms with van der Waals surface area (Å²) in [4.78, 5) is 79.7. The van der Waals surface area contributed by atoms with Crippen LogP contribution in [0.3, 0.4) is 0 Å². The van der Waals surface area contributed by atoms with Crippen molar-refractivity contribution in [3.63, 3.8) is 0 Å². The van der Waals surface area contributed by atoms with Gasteiger partial charge in [-0.25, -0.2) is 5.43 Å². The maximum Gasteiger partial charge on any atom is 0.324 e. The second-order valence-electron chi connectivity index (χ2n) is 20.2. The number of ether oxygens (including phenoxy) is 2. The molecular weight excluding hydrogens is 865 g/mol. The average Bonchev–Trinajstić information content (AvgIpc) is 4.02. The van der Waals surface area contributed by atoms with Gasteiger partial charge in [0.05, 0.1) is 31.1 Å². The Bertz CT molecular complexity index is 2540. The molecule has 68 heavy (non-hydrogen) atoms. The highest BCUT2D eigenvalue weighted by atomic mass is 16.5. The molecule has 16 heteroatoms. The predicted molar refractivity (Wildman–Crippen MR) is 260 cm³/mol. The van der Waals surface area contributed by atoms with Crippen molar-refractivity contribution < 1.29 is 38.6 Å². The summed E-state index contributed by atoms with van der Waals surface area (Å²) in [5.74, 6) is -2.36. The number of amides is 4. The van der Waals surface area contributed by atoms with E-state index in [4.69, 9.17) is 14.5 Å². The minimum absolute atomic E-state index is 0.00869. The van der Waals surface area contributed by atoms with Gasteiger partial charge in [-0.15, -0.1) is 0 Å². The van der Waals surface area contributed by atoms with Crippen molar-refractivity contribution in [2.75, 3.05) is 60.6 Å². The SMILES string of the molecule is CCn1c(-c2cccnc2C(C)C)c2c3cc(ccc31)-c1cc(O)cc(c1)C[C@H](NC(=O)[C@H](C(C)C)N(C)C(=O)CN(C)C(=O)[C@@H]1CN1CCOC)C(=O)N1CCC[C@H](N1)C(=O)OCC(C)(C)C2. The summed E-state index contributed by atoms with van der Waals surface area (Å²) in [7, 11) is 4.71. The quantitative estimate of drug-likeness (QED) is 0.120. The number of likely N-dealkylation sites (N-methyl/N-ethyl adjacent to an activating group) is 2. The maximum atomic E-state index is 14.7. The molecule has 4 aromatic rings. The molecule has 3 N–H and O–H groups in total. The lowest BCUT2D eigenvalue weighted by Crippen LogP contribution is -2.62. The molecule has 5 atom stereocenters. The number of cyclic esters (lactones) is 1. The number of fused-ring (bicyclic) bond motifs is 6. The smallest absolute Gasteiger partial charge is 0.324 e. The molecule has 3 aliphatic rings. The van der Waals surface area contributed by atoms with Crippen molar-refractivity contribution >= 4 is 40.5 Å². The number of benzene rings is 2. The molecular formula is C52H70N8O8. The first-order valence-electron chi connectivity index (χ1n) is 24.0. The molecule has 3 aliphatic heterocycles. The predicted octanol–water partition coefficient (Wildman–Crippen LogP) is 5.14. The van der Waals surface area contributed by atoms with Crippen LogP contribution >= 0.6 is 0 Å². The van der Waals surface area contributed by atoms with E-state index < -0.39 is 47.2 Å². The van der Waals surface area contributed by atoms with Gasteiger partial charge in [0.15, 0.2) is 0 Å². The largest absolute Gasteiger partial charge is 0.508 e. The molecule has 2 aromatic carbocycles. The van der Waals surface area contributed by atoms with E-state index in [-0.39, 0.29) is 55.7 Å². The van der Waals surface area contributed by atoms with Gasteiger partial charge in [0.2, 0.25) is 17.7 Å². The number of methoxy groups -OCH3 is 1. The molecule has 2 fully saturated rings. The number of phenols is 1. The topological polar surface area (TPSA) is 179 Å². The molecule has 16 nitrogen and oxygen atoms in total. The van der Waals surface area contributed by atoms with Crippen molar-refractivity contribution in [3.8, 4) is 28.1 Å². The number of esters is 1. The zero-order chi connectivity index (χ0) is 49.2. The lowest BCUT2D eigenvalue weighted by molar-refractivity contribution is -0.155. The standard InChI is InChI=1S/C52H70N8O8/c1-11-59-42-17-16-34-26-38(42)39(47(59)37-14-12-18-53-45(37)31(2)3)27-52(6,7)30-68-51(66)40-15-13-19-60(55-40)49(64)41(24-33-22-35(34)25-36(61)23-33)54-48(63)46(32(4)5)57(9)44(62)29-56(8)50(65)43-28-58(43)20-21-67-10/h12,14,16-18,22-23,25-26,31-32,40-41,43,46,55,61H,11,13,15,19-21,24,27-30H2,1-10H3,(H,54,63)/t40-,41-,43-,46-,58?/m0/s1. The van der Waals surface area contributed by atoms with E-state index in [2.05, 4.69) is 68.1 Å². The Morgan fingerprint density at radius 3 is 2.53 bits per heavy atom. The van der Waals surface area contributed by atoms with E-state index in [1.165, 1.54) is 21.9 Å². The number of hydrogen-bond acceptors (Lipinski definition) is 11. The number of hydrazine groups is 1. The number of carbonyl (C=O) groups excluding carboxylic acids is 5. The summed E-state index contributed by atoms with van der Waals surface area (Å²) in [6.07, 6.45) is 3.34. The number of hydrogen-bond donors (Lipinski definition) is 3. The molecule has 2 saturated heterocycles. The van der Waals surface area contributed by atoms with Crippen molar-refractivity contribution in [3.05, 3.63) is 71.5 Å². The van der Waals surface area contributed by atoms with Crippen LogP contribution in [0.25, 0.3) is 33.3 Å². The lowest BCUT2D eigenvalue weighted by atomic mass is 9.83. The zero-order valence-electron chi connectivity index (χ0n) is 41.4. The Morgan fingerprint density at radius 1 is 1.06 bits per heavy atom. The Balaban J connectivity index is 1.25. The molecule has 5 heterocycles. The molecule has 0 spiro atoms. The van der Waals surface area contributed by atoms with E-state index in [1.54, 1.807) is 26.3 Å². The number of aromatic hydroxyl groups is 1. The third-order valence-corrected chi connectivity index (χ3v) is 13.5. The van der Waals surface area contributed by atoms with Gasteiger partial charge in [-0.1, -0.05) is 53.7 Å². The number of phenolic OH excluding ortho intramolecular Hbond substituents is 1. The molecule has 7 rings (SSSR count). The lowest BCUT2D eigenvalue weighted by Gasteiger charge is -2.37. The monoisotopic (exact) mass is 935 g/mol. The van der Waals surface area contributed by atoms with Crippen LogP contribution in [0.2, 0.25) is 0 Å². The minimum atomic E-state index is -1.18. The highest BCUT2D eigenvalue weighted by Crippen LogP contribution is 2.42. The van der Waals surface area contributed by atoms with Gasteiger partial charge in [-0.2, -0.15) is 0 Å². The van der Waals surface area contributed by atoms with Gasteiger partial charge in [0.25, 0.3) is 5.91 Å². The molecule has 0 aliphatic carbocycles. The van der Waals surface area contributed by atoms with Gasteiger partial charge in [-0.05, 0) is 96.7 Å². The van der Waals surface area contributed by atoms with Crippen LogP contribution in [0.15, 0.2) is 54.7 Å². The highest BCUT2D eigenvalue weighted by molar-refractivity contribution is 5.96. The molecule has 6 bridgehead atoms. The normalized spacial score (nSPS) is 21.0. The van der Waals surface area contributed by atoms with Gasteiger partial charge in [0, 0.05) is 81.9 Å². The molecule has 0 saturated carbocycles. The van der Waals surface area contributed by atoms with Crippen LogP contribution < -0.4 is 10.7 Å². The molecule has 2 aromatic heterocycles. The molecule has 1 unspecified atom stereocenters. The first-order chi connectivity index (χ1) is 32.3. The number of nitrogens with one attached hydrogen (secondary N) is 2. The highest BCUT2D eigenvalue weighted by Gasteiger charge is 2.43. The first-order valence-corrected chi connectivity index (χ1v) is 24.0. The van der Waals surface area contributed by atoms with E-state index in [1.807, 2.05) is 43.1 Å². The van der Waals surface area contributed by atoms with Gasteiger partial charge < -0.3 is 34.3 Å². The number of aromatic nitrogens is 2. The van der Waals surface area contributed by atoms with Crippen LogP contribution in [0.5, 0.6) is 5.75 Å². The summed E-state index contributed by atoms with van der Waals surface area (Å²) in [6, 6.07) is 12.3.